The van der Waals surface area contributed by atoms with Crippen molar-refractivity contribution < 1.29 is 9.53 Å². The van der Waals surface area contributed by atoms with Crippen molar-refractivity contribution in [2.75, 3.05) is 12.3 Å². The van der Waals surface area contributed by atoms with Gasteiger partial charge in [-0.05, 0) is 30.0 Å². The van der Waals surface area contributed by atoms with Crippen molar-refractivity contribution in [2.24, 2.45) is 5.92 Å². The summed E-state index contributed by atoms with van der Waals surface area (Å²) in [5.74, 6) is 0.342. The molecule has 0 fully saturated rings. The van der Waals surface area contributed by atoms with E-state index >= 15 is 0 Å². The first-order chi connectivity index (χ1) is 8.00. The Hall–Kier alpha value is -1.71. The lowest BCUT2D eigenvalue weighted by molar-refractivity contribution is 0.132. The summed E-state index contributed by atoms with van der Waals surface area (Å²) in [7, 11) is 0. The molecule has 0 aliphatic heterocycles. The van der Waals surface area contributed by atoms with Gasteiger partial charge in [0, 0.05) is 12.2 Å². The highest BCUT2D eigenvalue weighted by Gasteiger charge is 2.05. The first-order valence-electron chi connectivity index (χ1n) is 5.75. The molecular formula is C13H20N2O2. The van der Waals surface area contributed by atoms with Crippen LogP contribution < -0.4 is 11.1 Å². The molecule has 0 aliphatic carbocycles. The standard InChI is InChI=1S/C13H20N2O2/c1-9(2)8-17-13(16)15-7-11-5-4-6-12(14)10(11)3/h4-6,9H,7-8,14H2,1-3H3,(H,15,16). The number of nitrogens with two attached hydrogens (primary N) is 1. The van der Waals surface area contributed by atoms with Gasteiger partial charge < -0.3 is 15.8 Å². The average Bonchev–Trinajstić information content (AvgIpc) is 2.28. The predicted molar refractivity (Wildman–Crippen MR) is 68.6 cm³/mol. The molecule has 17 heavy (non-hydrogen) atoms. The Bertz CT molecular complexity index is 389. The number of benzene rings is 1. The molecule has 1 rings (SSSR count). The normalized spacial score (nSPS) is 10.4. The van der Waals surface area contributed by atoms with Crippen LogP contribution in [0.3, 0.4) is 0 Å². The SMILES string of the molecule is Cc1c(N)cccc1CNC(=O)OCC(C)C. The number of carbonyl (C=O) groups is 1. The van der Waals surface area contributed by atoms with Gasteiger partial charge >= 0.3 is 6.09 Å². The topological polar surface area (TPSA) is 64.3 Å². The number of carbonyl (C=O) groups excluding carboxylic acids is 1. The zero-order chi connectivity index (χ0) is 12.8. The number of hydrogen-bond acceptors (Lipinski definition) is 3. The van der Waals surface area contributed by atoms with E-state index in [-0.39, 0.29) is 6.09 Å². The van der Waals surface area contributed by atoms with Crippen LogP contribution in [-0.2, 0) is 11.3 Å². The van der Waals surface area contributed by atoms with Gasteiger partial charge in [0.1, 0.15) is 0 Å². The van der Waals surface area contributed by atoms with Gasteiger partial charge in [0.2, 0.25) is 0 Å². The molecule has 0 atom stereocenters. The summed E-state index contributed by atoms with van der Waals surface area (Å²) in [5, 5.41) is 2.71. The second kappa shape index (κ2) is 6.13. The monoisotopic (exact) mass is 236 g/mol. The van der Waals surface area contributed by atoms with E-state index in [1.165, 1.54) is 0 Å². The fourth-order valence-corrected chi connectivity index (χ4v) is 1.36. The largest absolute Gasteiger partial charge is 0.449 e. The molecule has 1 aromatic rings. The molecule has 1 aromatic carbocycles. The van der Waals surface area contributed by atoms with Gasteiger partial charge in [-0.1, -0.05) is 26.0 Å². The van der Waals surface area contributed by atoms with Gasteiger partial charge in [-0.15, -0.1) is 0 Å². The number of nitrogens with one attached hydrogen (secondary N) is 1. The van der Waals surface area contributed by atoms with Crippen molar-refractivity contribution in [1.82, 2.24) is 5.32 Å². The zero-order valence-corrected chi connectivity index (χ0v) is 10.6. The van der Waals surface area contributed by atoms with E-state index in [0.717, 1.165) is 16.8 Å². The molecule has 0 saturated heterocycles. The lowest BCUT2D eigenvalue weighted by atomic mass is 10.1. The second-order valence-electron chi connectivity index (χ2n) is 4.48. The van der Waals surface area contributed by atoms with Crippen LogP contribution in [0.4, 0.5) is 10.5 Å². The molecule has 0 aromatic heterocycles. The van der Waals surface area contributed by atoms with Crippen LogP contribution in [0.5, 0.6) is 0 Å². The van der Waals surface area contributed by atoms with Crippen LogP contribution in [0.25, 0.3) is 0 Å². The fourth-order valence-electron chi connectivity index (χ4n) is 1.36. The van der Waals surface area contributed by atoms with Crippen LogP contribution in [0.15, 0.2) is 18.2 Å². The van der Waals surface area contributed by atoms with E-state index in [4.69, 9.17) is 10.5 Å². The van der Waals surface area contributed by atoms with E-state index in [9.17, 15) is 4.79 Å². The van der Waals surface area contributed by atoms with Gasteiger partial charge in [0.25, 0.3) is 0 Å². The predicted octanol–water partition coefficient (Wildman–Crippen LogP) is 2.46. The highest BCUT2D eigenvalue weighted by Crippen LogP contribution is 2.14. The van der Waals surface area contributed by atoms with Gasteiger partial charge in [-0.25, -0.2) is 4.79 Å². The Morgan fingerprint density at radius 2 is 2.18 bits per heavy atom. The van der Waals surface area contributed by atoms with E-state index < -0.39 is 0 Å². The van der Waals surface area contributed by atoms with Crippen molar-refractivity contribution >= 4 is 11.8 Å². The van der Waals surface area contributed by atoms with E-state index in [1.54, 1.807) is 0 Å². The molecule has 0 aliphatic rings. The maximum Gasteiger partial charge on any atom is 0.407 e. The third kappa shape index (κ3) is 4.34. The molecule has 0 spiro atoms. The summed E-state index contributed by atoms with van der Waals surface area (Å²) in [6.45, 7) is 6.80. The van der Waals surface area contributed by atoms with Crippen molar-refractivity contribution in [3.63, 3.8) is 0 Å². The molecular weight excluding hydrogens is 216 g/mol. The molecule has 4 heteroatoms. The van der Waals surface area contributed by atoms with Gasteiger partial charge in [0.15, 0.2) is 0 Å². The molecule has 94 valence electrons. The minimum atomic E-state index is -0.388. The molecule has 0 radical (unpaired) electrons. The summed E-state index contributed by atoms with van der Waals surface area (Å²) in [5.41, 5.74) is 8.52. The molecule has 0 unspecified atom stereocenters. The van der Waals surface area contributed by atoms with Crippen molar-refractivity contribution in [1.29, 1.82) is 0 Å². The molecule has 3 N–H and O–H groups in total. The fraction of sp³-hybridized carbons (Fsp3) is 0.462. The van der Waals surface area contributed by atoms with E-state index in [1.807, 2.05) is 39.0 Å². The quantitative estimate of drug-likeness (QED) is 0.789. The maximum absolute atomic E-state index is 11.4. The lowest BCUT2D eigenvalue weighted by Crippen LogP contribution is -2.25. The highest BCUT2D eigenvalue weighted by atomic mass is 16.5. The summed E-state index contributed by atoms with van der Waals surface area (Å²) in [4.78, 5) is 11.4. The summed E-state index contributed by atoms with van der Waals surface area (Å²) in [6, 6.07) is 5.66. The van der Waals surface area contributed by atoms with E-state index in [0.29, 0.717) is 19.1 Å². The third-order valence-corrected chi connectivity index (χ3v) is 2.46. The van der Waals surface area contributed by atoms with Crippen molar-refractivity contribution in [3.8, 4) is 0 Å². The van der Waals surface area contributed by atoms with Crippen molar-refractivity contribution in [2.45, 2.75) is 27.3 Å². The number of alkyl carbamates (subject to hydrolysis) is 1. The Morgan fingerprint density at radius 1 is 1.47 bits per heavy atom. The van der Waals surface area contributed by atoms with Gasteiger partial charge in [-0.3, -0.25) is 0 Å². The Morgan fingerprint density at radius 3 is 2.82 bits per heavy atom. The average molecular weight is 236 g/mol. The minimum Gasteiger partial charge on any atom is -0.449 e. The van der Waals surface area contributed by atoms with Crippen LogP contribution in [0, 0.1) is 12.8 Å². The van der Waals surface area contributed by atoms with Gasteiger partial charge in [0.05, 0.1) is 6.61 Å². The van der Waals surface area contributed by atoms with Crippen LogP contribution in [0.1, 0.15) is 25.0 Å². The Balaban J connectivity index is 2.45. The minimum absolute atomic E-state index is 0.342. The molecule has 0 heterocycles. The molecule has 0 bridgehead atoms. The summed E-state index contributed by atoms with van der Waals surface area (Å²) in [6.07, 6.45) is -0.388. The molecule has 1 amide bonds. The summed E-state index contributed by atoms with van der Waals surface area (Å²) < 4.78 is 5.01. The number of nitrogen functional groups attached to an aromatic ring is 1. The Kier molecular flexibility index (Phi) is 4.82. The highest BCUT2D eigenvalue weighted by molar-refractivity contribution is 5.67. The number of amides is 1. The third-order valence-electron chi connectivity index (χ3n) is 2.46. The van der Waals surface area contributed by atoms with Crippen LogP contribution in [0.2, 0.25) is 0 Å². The smallest absolute Gasteiger partial charge is 0.407 e. The second-order valence-corrected chi connectivity index (χ2v) is 4.48. The molecule has 4 nitrogen and oxygen atoms in total. The Labute approximate surface area is 102 Å². The van der Waals surface area contributed by atoms with Crippen molar-refractivity contribution in [3.05, 3.63) is 29.3 Å². The number of hydrogen-bond donors (Lipinski definition) is 2. The lowest BCUT2D eigenvalue weighted by Gasteiger charge is -2.11. The summed E-state index contributed by atoms with van der Waals surface area (Å²) >= 11 is 0. The van der Waals surface area contributed by atoms with E-state index in [2.05, 4.69) is 5.32 Å². The number of ether oxygens (including phenoxy) is 1. The zero-order valence-electron chi connectivity index (χ0n) is 10.6. The first kappa shape index (κ1) is 13.4. The number of rotatable bonds is 4. The van der Waals surface area contributed by atoms with Crippen LogP contribution in [-0.4, -0.2) is 12.7 Å². The number of anilines is 1. The van der Waals surface area contributed by atoms with Crippen LogP contribution >= 0.6 is 0 Å². The van der Waals surface area contributed by atoms with Gasteiger partial charge in [-0.2, -0.15) is 0 Å². The first-order valence-corrected chi connectivity index (χ1v) is 5.75. The maximum atomic E-state index is 11.4. The molecule has 0 saturated carbocycles.